The third-order valence-corrected chi connectivity index (χ3v) is 4.92. The van der Waals surface area contributed by atoms with Gasteiger partial charge in [0.05, 0.1) is 28.8 Å². The van der Waals surface area contributed by atoms with Gasteiger partial charge in [0, 0.05) is 30.9 Å². The Kier molecular flexibility index (Phi) is 3.99. The number of nitro groups is 1. The van der Waals surface area contributed by atoms with Crippen molar-refractivity contribution >= 4 is 23.3 Å². The molecule has 2 aromatic carbocycles. The van der Waals surface area contributed by atoms with Gasteiger partial charge in [0.25, 0.3) is 11.6 Å². The zero-order valence-corrected chi connectivity index (χ0v) is 14.8. The van der Waals surface area contributed by atoms with Gasteiger partial charge in [0.15, 0.2) is 0 Å². The fourth-order valence-corrected chi connectivity index (χ4v) is 3.50. The summed E-state index contributed by atoms with van der Waals surface area (Å²) in [6, 6.07) is 10.9. The van der Waals surface area contributed by atoms with Gasteiger partial charge in [-0.25, -0.2) is 4.79 Å². The van der Waals surface area contributed by atoms with Crippen LogP contribution in [0.25, 0.3) is 0 Å². The molecule has 9 heteroatoms. The Labute approximate surface area is 159 Å². The van der Waals surface area contributed by atoms with Crippen LogP contribution in [0.15, 0.2) is 59.8 Å². The minimum Gasteiger partial charge on any atom is -0.508 e. The number of hydrogen-bond acceptors (Lipinski definition) is 5. The van der Waals surface area contributed by atoms with Crippen molar-refractivity contribution in [3.63, 3.8) is 0 Å². The molecule has 2 aliphatic heterocycles. The molecule has 2 aromatic rings. The van der Waals surface area contributed by atoms with E-state index in [2.05, 4.69) is 5.32 Å². The van der Waals surface area contributed by atoms with E-state index < -0.39 is 17.0 Å². The molecule has 2 heterocycles. The van der Waals surface area contributed by atoms with Crippen LogP contribution in [-0.4, -0.2) is 40.5 Å². The highest BCUT2D eigenvalue weighted by Gasteiger charge is 2.43. The Morgan fingerprint density at radius 3 is 2.64 bits per heavy atom. The molecule has 0 aliphatic carbocycles. The maximum atomic E-state index is 13.2. The molecule has 2 N–H and O–H groups in total. The molecule has 0 bridgehead atoms. The summed E-state index contributed by atoms with van der Waals surface area (Å²) in [4.78, 5) is 39.0. The van der Waals surface area contributed by atoms with Gasteiger partial charge in [-0.1, -0.05) is 18.2 Å². The van der Waals surface area contributed by atoms with E-state index >= 15 is 0 Å². The van der Waals surface area contributed by atoms with Crippen molar-refractivity contribution in [1.82, 2.24) is 10.2 Å². The number of benzene rings is 2. The highest BCUT2D eigenvalue weighted by Crippen LogP contribution is 2.38. The molecule has 0 saturated heterocycles. The summed E-state index contributed by atoms with van der Waals surface area (Å²) in [7, 11) is 1.56. The second-order valence-electron chi connectivity index (χ2n) is 6.57. The third kappa shape index (κ3) is 2.73. The van der Waals surface area contributed by atoms with E-state index in [1.807, 2.05) is 0 Å². The lowest BCUT2D eigenvalue weighted by molar-refractivity contribution is -0.384. The van der Waals surface area contributed by atoms with Gasteiger partial charge >= 0.3 is 6.03 Å². The van der Waals surface area contributed by atoms with Gasteiger partial charge in [-0.05, 0) is 17.7 Å². The molecule has 2 aliphatic rings. The van der Waals surface area contributed by atoms with Crippen LogP contribution >= 0.6 is 0 Å². The number of nitrogens with zero attached hydrogens (tertiary/aromatic N) is 3. The van der Waals surface area contributed by atoms with Crippen molar-refractivity contribution < 1.29 is 19.6 Å². The SMILES string of the molecule is CN1C(=O)NC(c2cccc([N+](=O)[O-])c2)C2=C1CN(c1cccc(O)c1)C2=O. The molecule has 1 unspecified atom stereocenters. The molecule has 4 rings (SSSR count). The largest absolute Gasteiger partial charge is 0.508 e. The number of urea groups is 1. The number of likely N-dealkylation sites (N-methyl/N-ethyl adjacent to an activating group) is 1. The van der Waals surface area contributed by atoms with Crippen molar-refractivity contribution in [2.75, 3.05) is 18.5 Å². The summed E-state index contributed by atoms with van der Waals surface area (Å²) in [5.74, 6) is -0.308. The van der Waals surface area contributed by atoms with E-state index in [4.69, 9.17) is 0 Å². The summed E-state index contributed by atoms with van der Waals surface area (Å²) in [5, 5.41) is 23.6. The van der Waals surface area contributed by atoms with E-state index in [9.17, 15) is 24.8 Å². The van der Waals surface area contributed by atoms with Crippen molar-refractivity contribution in [1.29, 1.82) is 0 Å². The number of carbonyl (C=O) groups is 2. The highest BCUT2D eigenvalue weighted by atomic mass is 16.6. The van der Waals surface area contributed by atoms with Crippen LogP contribution in [0, 0.1) is 10.1 Å². The van der Waals surface area contributed by atoms with Gasteiger partial charge in [-0.2, -0.15) is 0 Å². The zero-order chi connectivity index (χ0) is 20.0. The second-order valence-corrected chi connectivity index (χ2v) is 6.57. The van der Waals surface area contributed by atoms with Crippen molar-refractivity contribution in [2.24, 2.45) is 0 Å². The second kappa shape index (κ2) is 6.38. The maximum Gasteiger partial charge on any atom is 0.322 e. The monoisotopic (exact) mass is 380 g/mol. The molecule has 28 heavy (non-hydrogen) atoms. The number of amides is 3. The fraction of sp³-hybridized carbons (Fsp3) is 0.158. The lowest BCUT2D eigenvalue weighted by atomic mass is 9.95. The van der Waals surface area contributed by atoms with Crippen LogP contribution < -0.4 is 10.2 Å². The summed E-state index contributed by atoms with van der Waals surface area (Å²) in [5.41, 5.74) is 1.70. The number of anilines is 1. The quantitative estimate of drug-likeness (QED) is 0.626. The van der Waals surface area contributed by atoms with Crippen molar-refractivity contribution in [3.05, 3.63) is 75.5 Å². The number of non-ortho nitro benzene ring substituents is 1. The van der Waals surface area contributed by atoms with Crippen LogP contribution in [0.1, 0.15) is 11.6 Å². The molecule has 9 nitrogen and oxygen atoms in total. The number of carbonyl (C=O) groups excluding carboxylic acids is 2. The Hall–Kier alpha value is -3.88. The van der Waals surface area contributed by atoms with Crippen LogP contribution in [0.4, 0.5) is 16.2 Å². The molecular weight excluding hydrogens is 364 g/mol. The molecule has 142 valence electrons. The first-order valence-corrected chi connectivity index (χ1v) is 8.49. The van der Waals surface area contributed by atoms with Crippen molar-refractivity contribution in [3.8, 4) is 5.75 Å². The number of phenolic OH excluding ortho intramolecular Hbond substituents is 1. The van der Waals surface area contributed by atoms with Crippen LogP contribution in [0.2, 0.25) is 0 Å². The Bertz CT molecular complexity index is 1050. The molecule has 0 radical (unpaired) electrons. The molecule has 1 atom stereocenters. The molecular formula is C19H16N4O5. The lowest BCUT2D eigenvalue weighted by Crippen LogP contribution is -2.45. The van der Waals surface area contributed by atoms with Crippen LogP contribution in [0.5, 0.6) is 5.75 Å². The van der Waals surface area contributed by atoms with Gasteiger partial charge in [-0.15, -0.1) is 0 Å². The van der Waals surface area contributed by atoms with E-state index in [0.29, 0.717) is 22.5 Å². The Morgan fingerprint density at radius 1 is 1.18 bits per heavy atom. The maximum absolute atomic E-state index is 13.2. The summed E-state index contributed by atoms with van der Waals surface area (Å²) in [6.45, 7) is 0.160. The molecule has 0 spiro atoms. The first-order chi connectivity index (χ1) is 13.4. The Morgan fingerprint density at radius 2 is 1.93 bits per heavy atom. The smallest absolute Gasteiger partial charge is 0.322 e. The predicted octanol–water partition coefficient (Wildman–Crippen LogP) is 2.30. The summed E-state index contributed by atoms with van der Waals surface area (Å²) >= 11 is 0. The van der Waals surface area contributed by atoms with Crippen molar-refractivity contribution in [2.45, 2.75) is 6.04 Å². The molecule has 3 amide bonds. The normalized spacial score (nSPS) is 19.0. The van der Waals surface area contributed by atoms with E-state index in [0.717, 1.165) is 0 Å². The average Bonchev–Trinajstić information content (AvgIpc) is 3.02. The van der Waals surface area contributed by atoms with Gasteiger partial charge < -0.3 is 15.3 Å². The number of phenols is 1. The zero-order valence-electron chi connectivity index (χ0n) is 14.8. The lowest BCUT2D eigenvalue weighted by Gasteiger charge is -2.30. The number of nitrogens with one attached hydrogen (secondary N) is 1. The van der Waals surface area contributed by atoms with E-state index in [-0.39, 0.29) is 23.9 Å². The minimum atomic E-state index is -0.798. The predicted molar refractivity (Wildman–Crippen MR) is 99.6 cm³/mol. The number of hydrogen-bond donors (Lipinski definition) is 2. The number of aromatic hydroxyl groups is 1. The first kappa shape index (κ1) is 17.5. The number of rotatable bonds is 3. The molecule has 0 fully saturated rings. The van der Waals surface area contributed by atoms with Crippen LogP contribution in [-0.2, 0) is 4.79 Å². The first-order valence-electron chi connectivity index (χ1n) is 8.49. The summed E-state index contributed by atoms with van der Waals surface area (Å²) in [6.07, 6.45) is 0. The summed E-state index contributed by atoms with van der Waals surface area (Å²) < 4.78 is 0. The molecule has 0 aromatic heterocycles. The molecule has 0 saturated carbocycles. The van der Waals surface area contributed by atoms with E-state index in [1.165, 1.54) is 40.1 Å². The van der Waals surface area contributed by atoms with Gasteiger partial charge in [-0.3, -0.25) is 19.8 Å². The topological polar surface area (TPSA) is 116 Å². The number of nitro benzene ring substituents is 1. The average molecular weight is 380 g/mol. The fourth-order valence-electron chi connectivity index (χ4n) is 3.50. The minimum absolute atomic E-state index is 0.0213. The van der Waals surface area contributed by atoms with Crippen LogP contribution in [0.3, 0.4) is 0 Å². The van der Waals surface area contributed by atoms with Gasteiger partial charge in [0.1, 0.15) is 5.75 Å². The standard InChI is InChI=1S/C19H16N4O5/c1-21-15-10-22(12-5-3-7-14(24)9-12)18(25)16(15)17(20-19(21)26)11-4-2-6-13(8-11)23(27)28/h2-9,17,24H,10H2,1H3,(H,20,26). The Balaban J connectivity index is 1.78. The van der Waals surface area contributed by atoms with Gasteiger partial charge in [0.2, 0.25) is 0 Å². The third-order valence-electron chi connectivity index (χ3n) is 4.92. The van der Waals surface area contributed by atoms with E-state index in [1.54, 1.807) is 25.2 Å². The highest BCUT2D eigenvalue weighted by molar-refractivity contribution is 6.11.